The second kappa shape index (κ2) is 5.57. The average Bonchev–Trinajstić information content (AvgIpc) is 2.35. The number of nitrogens with one attached hydrogen (secondary N) is 1. The van der Waals surface area contributed by atoms with E-state index in [4.69, 9.17) is 0 Å². The molecule has 3 nitrogen and oxygen atoms in total. The highest BCUT2D eigenvalue weighted by atomic mass is 16.3. The van der Waals surface area contributed by atoms with Crippen LogP contribution in [0.5, 0.6) is 0 Å². The zero-order chi connectivity index (χ0) is 14.8. The first-order valence-electron chi connectivity index (χ1n) is 7.38. The van der Waals surface area contributed by atoms with E-state index in [0.717, 1.165) is 18.4 Å². The molecular formula is C17H25NO2. The van der Waals surface area contributed by atoms with Gasteiger partial charge in [-0.25, -0.2) is 0 Å². The second-order valence-electron chi connectivity index (χ2n) is 7.06. The van der Waals surface area contributed by atoms with Gasteiger partial charge in [-0.3, -0.25) is 4.79 Å². The molecule has 0 aromatic heterocycles. The molecule has 1 atom stereocenters. The minimum absolute atomic E-state index is 0.00831. The summed E-state index contributed by atoms with van der Waals surface area (Å²) >= 11 is 0. The molecule has 2 rings (SSSR count). The molecule has 0 fully saturated rings. The Morgan fingerprint density at radius 2 is 2.05 bits per heavy atom. The summed E-state index contributed by atoms with van der Waals surface area (Å²) in [6.45, 7) is 6.42. The molecule has 1 unspecified atom stereocenters. The maximum Gasteiger partial charge on any atom is 0.220 e. The van der Waals surface area contributed by atoms with Gasteiger partial charge in [0.25, 0.3) is 0 Å². The van der Waals surface area contributed by atoms with Crippen molar-refractivity contribution in [2.45, 2.75) is 52.1 Å². The van der Waals surface area contributed by atoms with Gasteiger partial charge in [0.05, 0.1) is 6.54 Å². The van der Waals surface area contributed by atoms with E-state index < -0.39 is 5.60 Å². The largest absolute Gasteiger partial charge is 0.383 e. The van der Waals surface area contributed by atoms with E-state index in [-0.39, 0.29) is 11.3 Å². The number of fused-ring (bicyclic) bond motifs is 1. The van der Waals surface area contributed by atoms with Crippen molar-refractivity contribution in [3.63, 3.8) is 0 Å². The Labute approximate surface area is 121 Å². The highest BCUT2D eigenvalue weighted by molar-refractivity contribution is 5.76. The fourth-order valence-electron chi connectivity index (χ4n) is 2.87. The molecule has 0 aliphatic heterocycles. The summed E-state index contributed by atoms with van der Waals surface area (Å²) in [5.74, 6) is 0.00831. The number of aliphatic hydroxyl groups is 1. The molecule has 0 saturated carbocycles. The zero-order valence-electron chi connectivity index (χ0n) is 12.7. The van der Waals surface area contributed by atoms with Crippen LogP contribution in [0.4, 0.5) is 0 Å². The summed E-state index contributed by atoms with van der Waals surface area (Å²) in [7, 11) is 0. The number of hydrogen-bond donors (Lipinski definition) is 2. The van der Waals surface area contributed by atoms with Crippen LogP contribution >= 0.6 is 0 Å². The van der Waals surface area contributed by atoms with Crippen LogP contribution in [0.25, 0.3) is 0 Å². The topological polar surface area (TPSA) is 49.3 Å². The number of carbonyl (C=O) groups excluding carboxylic acids is 1. The van der Waals surface area contributed by atoms with Crippen molar-refractivity contribution < 1.29 is 9.90 Å². The van der Waals surface area contributed by atoms with Crippen molar-refractivity contribution in [1.82, 2.24) is 5.32 Å². The second-order valence-corrected chi connectivity index (χ2v) is 7.06. The van der Waals surface area contributed by atoms with Crippen molar-refractivity contribution >= 4 is 5.91 Å². The number of amides is 1. The van der Waals surface area contributed by atoms with E-state index in [1.54, 1.807) is 0 Å². The summed E-state index contributed by atoms with van der Waals surface area (Å²) < 4.78 is 0. The fraction of sp³-hybridized carbons (Fsp3) is 0.588. The summed E-state index contributed by atoms with van der Waals surface area (Å²) in [4.78, 5) is 11.9. The van der Waals surface area contributed by atoms with Crippen LogP contribution in [-0.4, -0.2) is 17.6 Å². The van der Waals surface area contributed by atoms with Gasteiger partial charge >= 0.3 is 0 Å². The highest BCUT2D eigenvalue weighted by Gasteiger charge is 2.34. The van der Waals surface area contributed by atoms with Gasteiger partial charge < -0.3 is 10.4 Å². The first-order valence-corrected chi connectivity index (χ1v) is 7.38. The third-order valence-corrected chi connectivity index (χ3v) is 3.82. The van der Waals surface area contributed by atoms with E-state index in [2.05, 4.69) is 11.4 Å². The van der Waals surface area contributed by atoms with Crippen molar-refractivity contribution in [2.75, 3.05) is 6.54 Å². The number of benzene rings is 1. The smallest absolute Gasteiger partial charge is 0.220 e. The van der Waals surface area contributed by atoms with Crippen molar-refractivity contribution in [1.29, 1.82) is 0 Å². The molecule has 20 heavy (non-hydrogen) atoms. The predicted octanol–water partition coefficient (Wildman–Crippen LogP) is 2.76. The molecule has 1 aromatic rings. The predicted molar refractivity (Wildman–Crippen MR) is 80.4 cm³/mol. The van der Waals surface area contributed by atoms with E-state index in [1.165, 1.54) is 5.56 Å². The molecule has 2 N–H and O–H groups in total. The molecule has 1 amide bonds. The van der Waals surface area contributed by atoms with E-state index in [9.17, 15) is 9.90 Å². The van der Waals surface area contributed by atoms with Crippen molar-refractivity contribution in [2.24, 2.45) is 5.41 Å². The molecular weight excluding hydrogens is 250 g/mol. The van der Waals surface area contributed by atoms with E-state index in [0.29, 0.717) is 19.4 Å². The zero-order valence-corrected chi connectivity index (χ0v) is 12.7. The van der Waals surface area contributed by atoms with Crippen LogP contribution in [0, 0.1) is 5.41 Å². The highest BCUT2D eigenvalue weighted by Crippen LogP contribution is 2.34. The van der Waals surface area contributed by atoms with Crippen LogP contribution in [-0.2, 0) is 16.8 Å². The van der Waals surface area contributed by atoms with Gasteiger partial charge in [-0.15, -0.1) is 0 Å². The molecule has 0 spiro atoms. The van der Waals surface area contributed by atoms with Gasteiger partial charge in [0.1, 0.15) is 5.60 Å². The van der Waals surface area contributed by atoms with Crippen LogP contribution in [0.15, 0.2) is 24.3 Å². The van der Waals surface area contributed by atoms with Gasteiger partial charge in [0.2, 0.25) is 5.91 Å². The molecule has 110 valence electrons. The maximum atomic E-state index is 11.9. The lowest BCUT2D eigenvalue weighted by Gasteiger charge is -2.35. The molecule has 0 bridgehead atoms. The molecule has 0 heterocycles. The van der Waals surface area contributed by atoms with Crippen LogP contribution < -0.4 is 5.32 Å². The maximum absolute atomic E-state index is 11.9. The standard InChI is InChI=1S/C17H25NO2/c1-16(2,3)11-15(19)18-12-17(20)10-6-8-13-7-4-5-9-14(13)17/h4-5,7,9,20H,6,8,10-12H2,1-3H3,(H,18,19). The molecule has 0 radical (unpaired) electrons. The Hall–Kier alpha value is -1.35. The van der Waals surface area contributed by atoms with Gasteiger partial charge in [-0.2, -0.15) is 0 Å². The summed E-state index contributed by atoms with van der Waals surface area (Å²) in [6.07, 6.45) is 3.15. The summed E-state index contributed by atoms with van der Waals surface area (Å²) in [5, 5.41) is 13.8. The number of hydrogen-bond acceptors (Lipinski definition) is 2. The lowest BCUT2D eigenvalue weighted by molar-refractivity contribution is -0.124. The van der Waals surface area contributed by atoms with Gasteiger partial charge in [0.15, 0.2) is 0 Å². The van der Waals surface area contributed by atoms with Gasteiger partial charge in [-0.1, -0.05) is 45.0 Å². The van der Waals surface area contributed by atoms with Gasteiger partial charge in [0, 0.05) is 6.42 Å². The average molecular weight is 275 g/mol. The first kappa shape index (κ1) is 15.0. The van der Waals surface area contributed by atoms with Crippen molar-refractivity contribution in [3.8, 4) is 0 Å². The Balaban J connectivity index is 2.04. The van der Waals surface area contributed by atoms with Gasteiger partial charge in [-0.05, 0) is 35.8 Å². The minimum Gasteiger partial charge on any atom is -0.383 e. The summed E-state index contributed by atoms with van der Waals surface area (Å²) in [6, 6.07) is 8.00. The Kier molecular flexibility index (Phi) is 4.19. The number of aryl methyl sites for hydroxylation is 1. The first-order chi connectivity index (χ1) is 9.30. The third-order valence-electron chi connectivity index (χ3n) is 3.82. The molecule has 3 heteroatoms. The number of carbonyl (C=O) groups is 1. The SMILES string of the molecule is CC(C)(C)CC(=O)NCC1(O)CCCc2ccccc21. The molecule has 1 aliphatic rings. The van der Waals surface area contributed by atoms with Crippen LogP contribution in [0.3, 0.4) is 0 Å². The monoisotopic (exact) mass is 275 g/mol. The molecule has 1 aliphatic carbocycles. The van der Waals surface area contributed by atoms with E-state index in [1.807, 2.05) is 39.0 Å². The normalized spacial score (nSPS) is 22.2. The number of rotatable bonds is 3. The van der Waals surface area contributed by atoms with Crippen LogP contribution in [0.1, 0.15) is 51.2 Å². The van der Waals surface area contributed by atoms with E-state index >= 15 is 0 Å². The van der Waals surface area contributed by atoms with Crippen molar-refractivity contribution in [3.05, 3.63) is 35.4 Å². The minimum atomic E-state index is -0.914. The Bertz CT molecular complexity index is 490. The Morgan fingerprint density at radius 1 is 1.35 bits per heavy atom. The molecule has 0 saturated heterocycles. The fourth-order valence-corrected chi connectivity index (χ4v) is 2.87. The lowest BCUT2D eigenvalue weighted by Crippen LogP contribution is -2.43. The Morgan fingerprint density at radius 3 is 2.75 bits per heavy atom. The third kappa shape index (κ3) is 3.60. The molecule has 1 aromatic carbocycles. The lowest BCUT2D eigenvalue weighted by atomic mass is 9.79. The summed E-state index contributed by atoms with van der Waals surface area (Å²) in [5.41, 5.74) is 1.23. The quantitative estimate of drug-likeness (QED) is 0.891. The van der Waals surface area contributed by atoms with Crippen LogP contribution in [0.2, 0.25) is 0 Å².